The van der Waals surface area contributed by atoms with Crippen LogP contribution < -0.4 is 4.31 Å². The van der Waals surface area contributed by atoms with E-state index in [1.807, 2.05) is 18.2 Å². The Hall–Kier alpha value is -2.68. The van der Waals surface area contributed by atoms with Crippen molar-refractivity contribution in [3.05, 3.63) is 70.6 Å². The van der Waals surface area contributed by atoms with E-state index in [1.54, 1.807) is 41.8 Å². The molecule has 4 aromatic rings. The number of hydrogen-bond acceptors (Lipinski definition) is 6. The normalized spacial score (nSPS) is 11.8. The van der Waals surface area contributed by atoms with Gasteiger partial charge in [-0.25, -0.2) is 8.42 Å². The third-order valence-electron chi connectivity index (χ3n) is 4.93. The van der Waals surface area contributed by atoms with E-state index in [0.29, 0.717) is 32.9 Å². The Morgan fingerprint density at radius 1 is 1.06 bits per heavy atom. The molecule has 0 fully saturated rings. The van der Waals surface area contributed by atoms with Crippen LogP contribution in [0.4, 0.5) is 5.69 Å². The molecule has 31 heavy (non-hydrogen) atoms. The highest BCUT2D eigenvalue weighted by molar-refractivity contribution is 7.93. The highest BCUT2D eigenvalue weighted by Crippen LogP contribution is 2.36. The lowest BCUT2D eigenvalue weighted by Gasteiger charge is -2.20. The van der Waals surface area contributed by atoms with E-state index < -0.39 is 10.0 Å². The fraction of sp³-hybridized carbons (Fsp3) is 0.182. The van der Waals surface area contributed by atoms with Crippen LogP contribution in [0.3, 0.4) is 0 Å². The van der Waals surface area contributed by atoms with E-state index in [-0.39, 0.29) is 10.8 Å². The second-order valence-corrected chi connectivity index (χ2v) is 10.5. The number of halogens is 1. The molecule has 0 bridgehead atoms. The molecular formula is C22H20ClN3O3S2. The minimum Gasteiger partial charge on any atom is -0.333 e. The van der Waals surface area contributed by atoms with Crippen molar-refractivity contribution in [1.82, 2.24) is 10.1 Å². The highest BCUT2D eigenvalue weighted by Gasteiger charge is 2.29. The predicted molar refractivity (Wildman–Crippen MR) is 124 cm³/mol. The van der Waals surface area contributed by atoms with Crippen molar-refractivity contribution >= 4 is 38.6 Å². The topological polar surface area (TPSA) is 76.3 Å². The molecule has 0 atom stereocenters. The Labute approximate surface area is 190 Å². The van der Waals surface area contributed by atoms with Crippen LogP contribution in [0.25, 0.3) is 22.2 Å². The zero-order valence-corrected chi connectivity index (χ0v) is 19.5. The maximum Gasteiger partial charge on any atom is 0.269 e. The highest BCUT2D eigenvalue weighted by atomic mass is 35.5. The Kier molecular flexibility index (Phi) is 5.88. The second-order valence-electron chi connectivity index (χ2n) is 7.24. The van der Waals surface area contributed by atoms with Gasteiger partial charge in [0, 0.05) is 12.6 Å². The first-order valence-electron chi connectivity index (χ1n) is 9.54. The van der Waals surface area contributed by atoms with Gasteiger partial charge in [-0.3, -0.25) is 4.31 Å². The average Bonchev–Trinajstić information content (AvgIpc) is 3.43. The van der Waals surface area contributed by atoms with E-state index in [0.717, 1.165) is 5.56 Å². The average molecular weight is 474 g/mol. The first-order chi connectivity index (χ1) is 14.8. The minimum absolute atomic E-state index is 0.113. The lowest BCUT2D eigenvalue weighted by atomic mass is 10.0. The minimum atomic E-state index is -3.83. The van der Waals surface area contributed by atoms with E-state index in [2.05, 4.69) is 24.0 Å². The summed E-state index contributed by atoms with van der Waals surface area (Å²) in [6, 6.07) is 16.2. The molecule has 0 N–H and O–H groups in total. The molecule has 0 aliphatic rings. The number of benzene rings is 2. The first kappa shape index (κ1) is 21.5. The van der Waals surface area contributed by atoms with E-state index in [9.17, 15) is 8.42 Å². The fourth-order valence-corrected chi connectivity index (χ4v) is 5.81. The van der Waals surface area contributed by atoms with Crippen molar-refractivity contribution in [3.8, 4) is 22.2 Å². The molecule has 0 saturated heterocycles. The summed E-state index contributed by atoms with van der Waals surface area (Å²) in [7, 11) is -2.30. The lowest BCUT2D eigenvalue weighted by Crippen LogP contribution is -2.26. The summed E-state index contributed by atoms with van der Waals surface area (Å²) in [5.74, 6) is 0.798. The summed E-state index contributed by atoms with van der Waals surface area (Å²) in [4.78, 5) is 4.89. The van der Waals surface area contributed by atoms with Gasteiger partial charge in [0.05, 0.1) is 10.7 Å². The molecule has 0 amide bonds. The van der Waals surface area contributed by atoms with Crippen LogP contribution in [-0.2, 0) is 10.0 Å². The summed E-state index contributed by atoms with van der Waals surface area (Å²) < 4.78 is 33.4. The molecule has 2 aromatic carbocycles. The van der Waals surface area contributed by atoms with Crippen molar-refractivity contribution in [1.29, 1.82) is 0 Å². The van der Waals surface area contributed by atoms with Crippen LogP contribution in [-0.4, -0.2) is 25.6 Å². The van der Waals surface area contributed by atoms with Gasteiger partial charge in [-0.15, -0.1) is 11.3 Å². The zero-order valence-electron chi connectivity index (χ0n) is 17.1. The third kappa shape index (κ3) is 4.11. The molecule has 0 aliphatic heterocycles. The van der Waals surface area contributed by atoms with Crippen LogP contribution in [0.1, 0.15) is 25.3 Å². The molecule has 0 radical (unpaired) electrons. The van der Waals surface area contributed by atoms with Crippen molar-refractivity contribution in [2.45, 2.75) is 24.7 Å². The maximum atomic E-state index is 13.4. The number of thiophene rings is 1. The molecule has 0 saturated carbocycles. The van der Waals surface area contributed by atoms with Crippen LogP contribution in [0.2, 0.25) is 5.02 Å². The van der Waals surface area contributed by atoms with Gasteiger partial charge < -0.3 is 4.52 Å². The first-order valence-corrected chi connectivity index (χ1v) is 12.2. The summed E-state index contributed by atoms with van der Waals surface area (Å²) >= 11 is 7.44. The predicted octanol–water partition coefficient (Wildman–Crippen LogP) is 6.07. The molecule has 0 aliphatic carbocycles. The third-order valence-corrected chi connectivity index (χ3v) is 8.12. The molecule has 9 heteroatoms. The van der Waals surface area contributed by atoms with Gasteiger partial charge in [-0.1, -0.05) is 54.9 Å². The van der Waals surface area contributed by atoms with E-state index in [4.69, 9.17) is 16.1 Å². The van der Waals surface area contributed by atoms with E-state index in [1.165, 1.54) is 22.7 Å². The number of sulfonamides is 1. The van der Waals surface area contributed by atoms with Gasteiger partial charge in [0.2, 0.25) is 5.82 Å². The summed E-state index contributed by atoms with van der Waals surface area (Å²) in [5, 5.41) is 6.16. The standard InChI is InChI=1S/C22H20ClN3O3S2/c1-14(2)15-8-10-16(11-9-15)26(3)31(27,28)19-12-13-30-20(19)22-24-21(25-29-22)17-6-4-5-7-18(17)23/h4-14H,1-3H3. The van der Waals surface area contributed by atoms with Crippen LogP contribution in [0.15, 0.2) is 69.4 Å². The molecule has 2 heterocycles. The molecule has 6 nitrogen and oxygen atoms in total. The van der Waals surface area contributed by atoms with Gasteiger partial charge in [0.25, 0.3) is 15.9 Å². The number of nitrogens with zero attached hydrogens (tertiary/aromatic N) is 3. The van der Waals surface area contributed by atoms with Gasteiger partial charge >= 0.3 is 0 Å². The van der Waals surface area contributed by atoms with Crippen LogP contribution >= 0.6 is 22.9 Å². The van der Waals surface area contributed by atoms with Gasteiger partial charge in [-0.05, 0) is 47.2 Å². The van der Waals surface area contributed by atoms with Gasteiger partial charge in [-0.2, -0.15) is 4.98 Å². The molecule has 2 aromatic heterocycles. The van der Waals surface area contributed by atoms with Gasteiger partial charge in [0.1, 0.15) is 9.77 Å². The Balaban J connectivity index is 1.68. The molecule has 0 unspecified atom stereocenters. The van der Waals surface area contributed by atoms with E-state index >= 15 is 0 Å². The summed E-state index contributed by atoms with van der Waals surface area (Å²) in [6.45, 7) is 4.18. The smallest absolute Gasteiger partial charge is 0.269 e. The SMILES string of the molecule is CC(C)c1ccc(N(C)S(=O)(=O)c2ccsc2-c2nc(-c3ccccc3Cl)no2)cc1. The molecule has 160 valence electrons. The van der Waals surface area contributed by atoms with Crippen molar-refractivity contribution in [2.75, 3.05) is 11.4 Å². The maximum absolute atomic E-state index is 13.4. The summed E-state index contributed by atoms with van der Waals surface area (Å²) in [6.07, 6.45) is 0. The molecular weight excluding hydrogens is 454 g/mol. The quantitative estimate of drug-likeness (QED) is 0.340. The fourth-order valence-electron chi connectivity index (χ4n) is 3.08. The largest absolute Gasteiger partial charge is 0.333 e. The van der Waals surface area contributed by atoms with Gasteiger partial charge in [0.15, 0.2) is 0 Å². The number of aromatic nitrogens is 2. The summed E-state index contributed by atoms with van der Waals surface area (Å²) in [5.41, 5.74) is 2.33. The Morgan fingerprint density at radius 2 is 1.77 bits per heavy atom. The number of hydrogen-bond donors (Lipinski definition) is 0. The van der Waals surface area contributed by atoms with Crippen molar-refractivity contribution < 1.29 is 12.9 Å². The monoisotopic (exact) mass is 473 g/mol. The van der Waals surface area contributed by atoms with Crippen LogP contribution in [0, 0.1) is 0 Å². The molecule has 0 spiro atoms. The number of anilines is 1. The van der Waals surface area contributed by atoms with Crippen molar-refractivity contribution in [2.24, 2.45) is 0 Å². The number of rotatable bonds is 6. The zero-order chi connectivity index (χ0) is 22.2. The Morgan fingerprint density at radius 3 is 2.45 bits per heavy atom. The molecule has 4 rings (SSSR count). The Bertz CT molecular complexity index is 1310. The van der Waals surface area contributed by atoms with Crippen molar-refractivity contribution in [3.63, 3.8) is 0 Å². The second kappa shape index (κ2) is 8.45. The van der Waals surface area contributed by atoms with Crippen LogP contribution in [0.5, 0.6) is 0 Å². The lowest BCUT2D eigenvalue weighted by molar-refractivity contribution is 0.432.